The monoisotopic (exact) mass is 426 g/mol. The van der Waals surface area contributed by atoms with Gasteiger partial charge in [0, 0.05) is 18.8 Å². The van der Waals surface area contributed by atoms with Gasteiger partial charge in [-0.3, -0.25) is 14.6 Å². The van der Waals surface area contributed by atoms with Gasteiger partial charge in [-0.2, -0.15) is 0 Å². The van der Waals surface area contributed by atoms with Gasteiger partial charge in [-0.05, 0) is 54.7 Å². The van der Waals surface area contributed by atoms with Gasteiger partial charge in [-0.1, -0.05) is 79.7 Å². The van der Waals surface area contributed by atoms with Crippen LogP contribution in [0.4, 0.5) is 4.79 Å². The molecule has 0 saturated carbocycles. The number of benzene rings is 2. The Morgan fingerprint density at radius 1 is 0.969 bits per heavy atom. The van der Waals surface area contributed by atoms with Crippen molar-refractivity contribution in [1.82, 2.24) is 9.80 Å². The Bertz CT molecular complexity index is 1100. The Hall–Kier alpha value is -3.14. The van der Waals surface area contributed by atoms with E-state index in [9.17, 15) is 9.59 Å². The van der Waals surface area contributed by atoms with Crippen molar-refractivity contribution in [2.45, 2.75) is 39.5 Å². The fourth-order valence-corrected chi connectivity index (χ4v) is 5.85. The first-order chi connectivity index (χ1) is 15.4. The molecular formula is C28H30N2O2. The first kappa shape index (κ1) is 20.7. The number of urea groups is 1. The molecule has 164 valence electrons. The van der Waals surface area contributed by atoms with Crippen LogP contribution in [-0.2, 0) is 11.2 Å². The smallest absolute Gasteiger partial charge is 0.296 e. The fraction of sp³-hybridized carbons (Fsp3) is 0.357. The van der Waals surface area contributed by atoms with Crippen molar-refractivity contribution in [3.63, 3.8) is 0 Å². The molecule has 0 unspecified atom stereocenters. The van der Waals surface area contributed by atoms with Gasteiger partial charge in [0.15, 0.2) is 0 Å². The summed E-state index contributed by atoms with van der Waals surface area (Å²) in [5.74, 6) is -0.0480. The van der Waals surface area contributed by atoms with Crippen molar-refractivity contribution >= 4 is 18.0 Å². The van der Waals surface area contributed by atoms with Gasteiger partial charge in [-0.15, -0.1) is 0 Å². The summed E-state index contributed by atoms with van der Waals surface area (Å²) in [7, 11) is 0. The SMILES string of the molecule is C[C@]1(Cc2ccccc2)CC2=C3N(C1)C(=O)N(C/C=C/c1ccccc1)C(=O)[C@@]3(C)CC2. The van der Waals surface area contributed by atoms with Gasteiger partial charge in [0.1, 0.15) is 0 Å². The number of carbonyl (C=O) groups is 2. The van der Waals surface area contributed by atoms with E-state index in [1.165, 1.54) is 16.0 Å². The predicted octanol–water partition coefficient (Wildman–Crippen LogP) is 5.67. The average molecular weight is 427 g/mol. The molecule has 2 aliphatic heterocycles. The van der Waals surface area contributed by atoms with Gasteiger partial charge in [0.25, 0.3) is 0 Å². The molecule has 1 saturated heterocycles. The van der Waals surface area contributed by atoms with Crippen LogP contribution >= 0.6 is 0 Å². The Morgan fingerprint density at radius 2 is 1.66 bits per heavy atom. The molecular weight excluding hydrogens is 396 g/mol. The van der Waals surface area contributed by atoms with Crippen molar-refractivity contribution in [3.05, 3.63) is 89.1 Å². The minimum atomic E-state index is -0.585. The van der Waals surface area contributed by atoms with Crippen molar-refractivity contribution in [3.8, 4) is 0 Å². The standard InChI is InChI=1S/C28H30N2O2/c1-27(18-22-12-7-4-8-13-22)19-23-15-16-28(2)24(23)30(20-27)26(32)29(25(28)31)17-9-14-21-10-5-3-6-11-21/h3-14H,15-20H2,1-2H3/b14-9+/t27-,28-/m0/s1. The van der Waals surface area contributed by atoms with E-state index in [0.29, 0.717) is 13.1 Å². The molecule has 1 fully saturated rings. The molecule has 2 aromatic carbocycles. The first-order valence-electron chi connectivity index (χ1n) is 11.5. The second-order valence-electron chi connectivity index (χ2n) is 10.0. The average Bonchev–Trinajstić information content (AvgIpc) is 3.13. The zero-order chi connectivity index (χ0) is 22.3. The molecule has 0 N–H and O–H groups in total. The highest BCUT2D eigenvalue weighted by molar-refractivity contribution is 6.04. The number of carbonyl (C=O) groups excluding carboxylic acids is 2. The summed E-state index contributed by atoms with van der Waals surface area (Å²) in [6.45, 7) is 5.27. The van der Waals surface area contributed by atoms with Gasteiger partial charge >= 0.3 is 6.03 Å². The fourth-order valence-electron chi connectivity index (χ4n) is 5.85. The summed E-state index contributed by atoms with van der Waals surface area (Å²) in [6, 6.07) is 20.3. The lowest BCUT2D eigenvalue weighted by Gasteiger charge is -2.50. The summed E-state index contributed by atoms with van der Waals surface area (Å²) in [5, 5.41) is 0. The molecule has 0 bridgehead atoms. The lowest BCUT2D eigenvalue weighted by atomic mass is 9.73. The number of hydrogen-bond donors (Lipinski definition) is 0. The molecule has 1 aliphatic carbocycles. The number of rotatable bonds is 5. The maximum Gasteiger partial charge on any atom is 0.331 e. The molecule has 5 rings (SSSR count). The number of nitrogens with zero attached hydrogens (tertiary/aromatic N) is 2. The minimum Gasteiger partial charge on any atom is -0.296 e. The number of allylic oxidation sites excluding steroid dienone is 1. The normalized spacial score (nSPS) is 27.4. The quantitative estimate of drug-likeness (QED) is 0.618. The van der Waals surface area contributed by atoms with Crippen LogP contribution in [0, 0.1) is 10.8 Å². The van der Waals surface area contributed by atoms with E-state index in [1.807, 2.05) is 60.4 Å². The van der Waals surface area contributed by atoms with E-state index in [-0.39, 0.29) is 17.4 Å². The molecule has 4 heteroatoms. The van der Waals surface area contributed by atoms with Crippen molar-refractivity contribution < 1.29 is 9.59 Å². The van der Waals surface area contributed by atoms with Crippen LogP contribution in [0.25, 0.3) is 6.08 Å². The van der Waals surface area contributed by atoms with E-state index in [0.717, 1.165) is 36.9 Å². The summed E-state index contributed by atoms with van der Waals surface area (Å²) in [6.07, 6.45) is 7.47. The summed E-state index contributed by atoms with van der Waals surface area (Å²) >= 11 is 0. The third kappa shape index (κ3) is 3.48. The highest BCUT2D eigenvalue weighted by Gasteiger charge is 2.57. The molecule has 2 aromatic rings. The number of hydrogen-bond acceptors (Lipinski definition) is 2. The van der Waals surface area contributed by atoms with Crippen LogP contribution in [0.5, 0.6) is 0 Å². The maximum atomic E-state index is 13.6. The van der Waals surface area contributed by atoms with E-state index >= 15 is 0 Å². The highest BCUT2D eigenvalue weighted by Crippen LogP contribution is 2.55. The van der Waals surface area contributed by atoms with Crippen LogP contribution in [0.2, 0.25) is 0 Å². The Morgan fingerprint density at radius 3 is 2.38 bits per heavy atom. The highest BCUT2D eigenvalue weighted by atomic mass is 16.2. The van der Waals surface area contributed by atoms with E-state index < -0.39 is 5.41 Å². The molecule has 0 radical (unpaired) electrons. The van der Waals surface area contributed by atoms with Crippen molar-refractivity contribution in [2.24, 2.45) is 10.8 Å². The van der Waals surface area contributed by atoms with Crippen LogP contribution in [0.3, 0.4) is 0 Å². The van der Waals surface area contributed by atoms with Crippen molar-refractivity contribution in [1.29, 1.82) is 0 Å². The van der Waals surface area contributed by atoms with Gasteiger partial charge in [0.05, 0.1) is 5.41 Å². The van der Waals surface area contributed by atoms with Crippen LogP contribution in [-0.4, -0.2) is 34.8 Å². The largest absolute Gasteiger partial charge is 0.331 e. The maximum absolute atomic E-state index is 13.6. The molecule has 3 amide bonds. The first-order valence-corrected chi connectivity index (χ1v) is 11.5. The lowest BCUT2D eigenvalue weighted by molar-refractivity contribution is -0.139. The minimum absolute atomic E-state index is 0.0347. The van der Waals surface area contributed by atoms with E-state index in [1.54, 1.807) is 0 Å². The zero-order valence-electron chi connectivity index (χ0n) is 18.9. The molecule has 3 aliphatic rings. The zero-order valence-corrected chi connectivity index (χ0v) is 18.9. The van der Waals surface area contributed by atoms with Gasteiger partial charge in [0.2, 0.25) is 5.91 Å². The number of imide groups is 1. The summed E-state index contributed by atoms with van der Waals surface area (Å²) < 4.78 is 0. The molecule has 0 spiro atoms. The topological polar surface area (TPSA) is 40.6 Å². The van der Waals surface area contributed by atoms with Gasteiger partial charge in [-0.25, -0.2) is 4.79 Å². The molecule has 0 aromatic heterocycles. The van der Waals surface area contributed by atoms with E-state index in [4.69, 9.17) is 0 Å². The van der Waals surface area contributed by atoms with E-state index in [2.05, 4.69) is 31.2 Å². The molecule has 4 nitrogen and oxygen atoms in total. The third-order valence-electron chi connectivity index (χ3n) is 7.28. The Kier molecular flexibility index (Phi) is 5.04. The van der Waals surface area contributed by atoms with Crippen molar-refractivity contribution in [2.75, 3.05) is 13.1 Å². The predicted molar refractivity (Wildman–Crippen MR) is 127 cm³/mol. The molecule has 2 heterocycles. The van der Waals surface area contributed by atoms with Crippen LogP contribution < -0.4 is 0 Å². The summed E-state index contributed by atoms with van der Waals surface area (Å²) in [5.41, 5.74) is 4.04. The lowest BCUT2D eigenvalue weighted by Crippen LogP contribution is -2.61. The second-order valence-corrected chi connectivity index (χ2v) is 10.0. The second kappa shape index (κ2) is 7.77. The Labute approximate surface area is 190 Å². The van der Waals surface area contributed by atoms with Crippen LogP contribution in [0.1, 0.15) is 44.2 Å². The molecule has 2 atom stereocenters. The Balaban J connectivity index is 1.43. The third-order valence-corrected chi connectivity index (χ3v) is 7.28. The van der Waals surface area contributed by atoms with Crippen LogP contribution in [0.15, 0.2) is 78.0 Å². The summed E-state index contributed by atoms with van der Waals surface area (Å²) in [4.78, 5) is 30.4. The number of amides is 3. The molecule has 32 heavy (non-hydrogen) atoms. The van der Waals surface area contributed by atoms with Gasteiger partial charge < -0.3 is 0 Å².